The van der Waals surface area contributed by atoms with E-state index in [1.54, 1.807) is 18.2 Å². The number of hydrogen-bond acceptors (Lipinski definition) is 3. The first-order chi connectivity index (χ1) is 11.1. The third-order valence-corrected chi connectivity index (χ3v) is 4.82. The second kappa shape index (κ2) is 5.65. The maximum Gasteiger partial charge on any atom is 0.258 e. The monoisotopic (exact) mass is 389 g/mol. The molecular weight excluding hydrogens is 378 g/mol. The molecule has 1 aliphatic heterocycles. The predicted molar refractivity (Wildman–Crippen MR) is 96.3 cm³/mol. The Morgan fingerprint density at radius 2 is 2.13 bits per heavy atom. The standard InChI is InChI=1S/C17H13BrClN3O/c18-11-1-4-15-10(7-11)5-6-22(15)9-16-20-14-3-2-12(19)8-13(14)17(23)21-16/h1-4,7-8H,5-6,9H2,(H,20,21,23). The molecule has 23 heavy (non-hydrogen) atoms. The molecule has 4 rings (SSSR count). The molecule has 0 spiro atoms. The Kier molecular flexibility index (Phi) is 3.62. The molecule has 116 valence electrons. The van der Waals surface area contributed by atoms with Gasteiger partial charge in [0.2, 0.25) is 0 Å². The number of halogens is 2. The van der Waals surface area contributed by atoms with Gasteiger partial charge >= 0.3 is 0 Å². The highest BCUT2D eigenvalue weighted by atomic mass is 79.9. The van der Waals surface area contributed by atoms with Gasteiger partial charge in [-0.05, 0) is 48.4 Å². The van der Waals surface area contributed by atoms with Crippen molar-refractivity contribution in [3.8, 4) is 0 Å². The molecule has 0 saturated carbocycles. The number of rotatable bonds is 2. The van der Waals surface area contributed by atoms with Crippen LogP contribution in [0.15, 0.2) is 45.7 Å². The van der Waals surface area contributed by atoms with E-state index in [4.69, 9.17) is 11.6 Å². The Morgan fingerprint density at radius 1 is 1.26 bits per heavy atom. The zero-order valence-electron chi connectivity index (χ0n) is 12.1. The van der Waals surface area contributed by atoms with Crippen LogP contribution in [0.3, 0.4) is 0 Å². The van der Waals surface area contributed by atoms with Crippen molar-refractivity contribution in [3.63, 3.8) is 0 Å². The number of anilines is 1. The maximum atomic E-state index is 12.2. The second-order valence-electron chi connectivity index (χ2n) is 5.62. The van der Waals surface area contributed by atoms with Crippen molar-refractivity contribution in [1.82, 2.24) is 9.97 Å². The Hall–Kier alpha value is -1.85. The molecule has 2 heterocycles. The first-order valence-electron chi connectivity index (χ1n) is 7.32. The average molecular weight is 391 g/mol. The lowest BCUT2D eigenvalue weighted by molar-refractivity contribution is 0.787. The van der Waals surface area contributed by atoms with Crippen LogP contribution in [0.25, 0.3) is 10.9 Å². The summed E-state index contributed by atoms with van der Waals surface area (Å²) in [4.78, 5) is 21.9. The highest BCUT2D eigenvalue weighted by Gasteiger charge is 2.20. The molecule has 0 unspecified atom stereocenters. The van der Waals surface area contributed by atoms with Crippen LogP contribution < -0.4 is 10.5 Å². The van der Waals surface area contributed by atoms with Gasteiger partial charge in [-0.2, -0.15) is 0 Å². The minimum Gasteiger partial charge on any atom is -0.364 e. The highest BCUT2D eigenvalue weighted by molar-refractivity contribution is 9.10. The number of fused-ring (bicyclic) bond motifs is 2. The van der Waals surface area contributed by atoms with E-state index in [0.29, 0.717) is 28.3 Å². The first-order valence-corrected chi connectivity index (χ1v) is 8.49. The van der Waals surface area contributed by atoms with Gasteiger partial charge in [0, 0.05) is 21.7 Å². The number of benzene rings is 2. The Bertz CT molecular complexity index is 970. The molecule has 0 bridgehead atoms. The summed E-state index contributed by atoms with van der Waals surface area (Å²) in [5.74, 6) is 0.667. The van der Waals surface area contributed by atoms with E-state index in [0.717, 1.165) is 17.4 Å². The lowest BCUT2D eigenvalue weighted by atomic mass is 10.2. The summed E-state index contributed by atoms with van der Waals surface area (Å²) in [5.41, 5.74) is 3.03. The SMILES string of the molecule is O=c1[nH]c(CN2CCc3cc(Br)ccc32)nc2ccc(Cl)cc12. The summed E-state index contributed by atoms with van der Waals surface area (Å²) in [7, 11) is 0. The largest absolute Gasteiger partial charge is 0.364 e. The van der Waals surface area contributed by atoms with Gasteiger partial charge in [0.1, 0.15) is 5.82 Å². The van der Waals surface area contributed by atoms with Gasteiger partial charge in [-0.25, -0.2) is 4.98 Å². The summed E-state index contributed by atoms with van der Waals surface area (Å²) in [6.07, 6.45) is 1.00. The van der Waals surface area contributed by atoms with Crippen molar-refractivity contribution >= 4 is 44.1 Å². The van der Waals surface area contributed by atoms with Crippen LogP contribution in [-0.2, 0) is 13.0 Å². The van der Waals surface area contributed by atoms with Crippen molar-refractivity contribution in [2.75, 3.05) is 11.4 Å². The fraction of sp³-hybridized carbons (Fsp3) is 0.176. The number of nitrogens with zero attached hydrogens (tertiary/aromatic N) is 2. The van der Waals surface area contributed by atoms with Crippen molar-refractivity contribution in [2.45, 2.75) is 13.0 Å². The number of aromatic amines is 1. The Morgan fingerprint density at radius 3 is 3.00 bits per heavy atom. The van der Waals surface area contributed by atoms with Gasteiger partial charge in [0.15, 0.2) is 0 Å². The number of nitrogens with one attached hydrogen (secondary N) is 1. The van der Waals surface area contributed by atoms with Crippen LogP contribution in [0.2, 0.25) is 5.02 Å². The van der Waals surface area contributed by atoms with E-state index in [9.17, 15) is 4.79 Å². The summed E-state index contributed by atoms with van der Waals surface area (Å²) in [5, 5.41) is 1.06. The van der Waals surface area contributed by atoms with Crippen LogP contribution in [0.1, 0.15) is 11.4 Å². The predicted octanol–water partition coefficient (Wildman–Crippen LogP) is 3.90. The minimum absolute atomic E-state index is 0.150. The molecule has 0 radical (unpaired) electrons. The zero-order chi connectivity index (χ0) is 16.0. The maximum absolute atomic E-state index is 12.2. The van der Waals surface area contributed by atoms with E-state index in [1.807, 2.05) is 6.07 Å². The van der Waals surface area contributed by atoms with Crippen LogP contribution in [0, 0.1) is 0 Å². The van der Waals surface area contributed by atoms with Crippen molar-refractivity contribution in [2.24, 2.45) is 0 Å². The minimum atomic E-state index is -0.150. The quantitative estimate of drug-likeness (QED) is 0.722. The molecule has 6 heteroatoms. The number of H-pyrrole nitrogens is 1. The Balaban J connectivity index is 1.70. The van der Waals surface area contributed by atoms with Crippen molar-refractivity contribution in [3.05, 3.63) is 67.6 Å². The average Bonchev–Trinajstić information content (AvgIpc) is 2.90. The molecule has 0 aliphatic carbocycles. The highest BCUT2D eigenvalue weighted by Crippen LogP contribution is 2.31. The van der Waals surface area contributed by atoms with Crippen LogP contribution in [-0.4, -0.2) is 16.5 Å². The smallest absolute Gasteiger partial charge is 0.258 e. The van der Waals surface area contributed by atoms with Gasteiger partial charge in [-0.1, -0.05) is 27.5 Å². The van der Waals surface area contributed by atoms with E-state index >= 15 is 0 Å². The summed E-state index contributed by atoms with van der Waals surface area (Å²) in [6.45, 7) is 1.51. The first kappa shape index (κ1) is 14.7. The van der Waals surface area contributed by atoms with Crippen molar-refractivity contribution in [1.29, 1.82) is 0 Å². The van der Waals surface area contributed by atoms with Crippen LogP contribution in [0.4, 0.5) is 5.69 Å². The number of aromatic nitrogens is 2. The number of hydrogen-bond donors (Lipinski definition) is 1. The molecule has 0 atom stereocenters. The van der Waals surface area contributed by atoms with Gasteiger partial charge in [-0.15, -0.1) is 0 Å². The van der Waals surface area contributed by atoms with E-state index in [1.165, 1.54) is 11.3 Å². The zero-order valence-corrected chi connectivity index (χ0v) is 14.5. The van der Waals surface area contributed by atoms with Gasteiger partial charge in [0.25, 0.3) is 5.56 Å². The van der Waals surface area contributed by atoms with Gasteiger partial charge in [0.05, 0.1) is 17.4 Å². The molecular formula is C17H13BrClN3O. The normalized spacial score (nSPS) is 13.6. The van der Waals surface area contributed by atoms with E-state index < -0.39 is 0 Å². The summed E-state index contributed by atoms with van der Waals surface area (Å²) < 4.78 is 1.09. The van der Waals surface area contributed by atoms with Gasteiger partial charge < -0.3 is 9.88 Å². The summed E-state index contributed by atoms with van der Waals surface area (Å²) >= 11 is 9.45. The van der Waals surface area contributed by atoms with Crippen molar-refractivity contribution < 1.29 is 0 Å². The topological polar surface area (TPSA) is 49.0 Å². The van der Waals surface area contributed by atoms with Crippen LogP contribution in [0.5, 0.6) is 0 Å². The molecule has 2 aromatic carbocycles. The lowest BCUT2D eigenvalue weighted by Gasteiger charge is -2.18. The fourth-order valence-corrected chi connectivity index (χ4v) is 3.60. The molecule has 0 saturated heterocycles. The molecule has 0 fully saturated rings. The van der Waals surface area contributed by atoms with Crippen LogP contribution >= 0.6 is 27.5 Å². The van der Waals surface area contributed by atoms with E-state index in [-0.39, 0.29) is 5.56 Å². The molecule has 0 amide bonds. The molecule has 1 aliphatic rings. The van der Waals surface area contributed by atoms with Gasteiger partial charge in [-0.3, -0.25) is 4.79 Å². The lowest BCUT2D eigenvalue weighted by Crippen LogP contribution is -2.23. The van der Waals surface area contributed by atoms with E-state index in [2.05, 4.69) is 42.9 Å². The second-order valence-corrected chi connectivity index (χ2v) is 6.97. The summed E-state index contributed by atoms with van der Waals surface area (Å²) in [6, 6.07) is 11.5. The Labute approximate surface area is 146 Å². The molecule has 1 aromatic heterocycles. The third-order valence-electron chi connectivity index (χ3n) is 4.09. The third kappa shape index (κ3) is 2.75. The fourth-order valence-electron chi connectivity index (χ4n) is 3.02. The molecule has 3 aromatic rings. The molecule has 4 nitrogen and oxygen atoms in total. The molecule has 1 N–H and O–H groups in total.